The minimum Gasteiger partial charge on any atom is -0.339 e. The monoisotopic (exact) mass is 292 g/mol. The molecule has 0 aromatic carbocycles. The van der Waals surface area contributed by atoms with Crippen molar-refractivity contribution in [3.05, 3.63) is 47.5 Å². The molecule has 2 rings (SSSR count). The summed E-state index contributed by atoms with van der Waals surface area (Å²) in [5.74, 6) is 0.0103. The summed E-state index contributed by atoms with van der Waals surface area (Å²) in [5, 5.41) is 4.58. The minimum absolute atomic E-state index is 0.0103. The predicted octanol–water partition coefficient (Wildman–Crippen LogP) is 2.54. The number of nitrogens with zero attached hydrogens (tertiary/aromatic N) is 4. The second-order valence-electron chi connectivity index (χ2n) is 4.56. The van der Waals surface area contributed by atoms with Crippen LogP contribution in [0.2, 0.25) is 5.15 Å². The Balaban J connectivity index is 2.10. The van der Waals surface area contributed by atoms with Crippen molar-refractivity contribution in [2.45, 2.75) is 25.9 Å². The molecule has 0 saturated carbocycles. The van der Waals surface area contributed by atoms with Crippen molar-refractivity contribution in [1.82, 2.24) is 19.7 Å². The smallest absolute Gasteiger partial charge is 0.247 e. The third-order valence-corrected chi connectivity index (χ3v) is 3.48. The summed E-state index contributed by atoms with van der Waals surface area (Å²) in [6.07, 6.45) is 5.79. The van der Waals surface area contributed by atoms with Gasteiger partial charge < -0.3 is 4.90 Å². The van der Waals surface area contributed by atoms with Gasteiger partial charge in [-0.05, 0) is 18.6 Å². The summed E-state index contributed by atoms with van der Waals surface area (Å²) in [6, 6.07) is 5.21. The van der Waals surface area contributed by atoms with E-state index in [-0.39, 0.29) is 11.9 Å². The first kappa shape index (κ1) is 14.5. The van der Waals surface area contributed by atoms with Gasteiger partial charge >= 0.3 is 0 Å². The van der Waals surface area contributed by atoms with Crippen molar-refractivity contribution in [3.8, 4) is 0 Å². The molecule has 2 aromatic rings. The average molecular weight is 293 g/mol. The molecule has 1 atom stereocenters. The van der Waals surface area contributed by atoms with E-state index in [1.807, 2.05) is 25.1 Å². The molecule has 2 aromatic heterocycles. The Morgan fingerprint density at radius 1 is 1.45 bits per heavy atom. The molecule has 0 bridgehead atoms. The molecule has 2 heterocycles. The van der Waals surface area contributed by atoms with E-state index in [9.17, 15) is 4.79 Å². The van der Waals surface area contributed by atoms with Crippen LogP contribution in [-0.4, -0.2) is 32.6 Å². The number of aromatic nitrogens is 3. The highest BCUT2D eigenvalue weighted by Crippen LogP contribution is 2.17. The summed E-state index contributed by atoms with van der Waals surface area (Å²) in [5.41, 5.74) is 0.834. The van der Waals surface area contributed by atoms with Crippen molar-refractivity contribution in [2.75, 3.05) is 7.05 Å². The summed E-state index contributed by atoms with van der Waals surface area (Å²) in [7, 11) is 1.76. The number of likely N-dealkylation sites (N-methyl/N-ethyl adjacent to an activating group) is 1. The van der Waals surface area contributed by atoms with Crippen LogP contribution < -0.4 is 0 Å². The normalized spacial score (nSPS) is 12.2. The summed E-state index contributed by atoms with van der Waals surface area (Å²) < 4.78 is 1.68. The Labute approximate surface area is 123 Å². The zero-order valence-corrected chi connectivity index (χ0v) is 12.3. The summed E-state index contributed by atoms with van der Waals surface area (Å²) in [4.78, 5) is 18.2. The molecule has 106 valence electrons. The van der Waals surface area contributed by atoms with Gasteiger partial charge in [0.25, 0.3) is 0 Å². The van der Waals surface area contributed by atoms with Crippen molar-refractivity contribution < 1.29 is 4.79 Å². The number of carbonyl (C=O) groups is 1. The van der Waals surface area contributed by atoms with Gasteiger partial charge in [-0.25, -0.2) is 4.98 Å². The molecule has 0 radical (unpaired) electrons. The SMILES string of the molecule is CC[C@H](C(=O)N(C)Cc1cccnc1Cl)n1cccn1. The van der Waals surface area contributed by atoms with Crippen LogP contribution in [0.15, 0.2) is 36.8 Å². The predicted molar refractivity (Wildman–Crippen MR) is 77.3 cm³/mol. The van der Waals surface area contributed by atoms with Gasteiger partial charge in [-0.2, -0.15) is 5.10 Å². The van der Waals surface area contributed by atoms with Gasteiger partial charge in [0.2, 0.25) is 5.91 Å². The Morgan fingerprint density at radius 3 is 2.85 bits per heavy atom. The highest BCUT2D eigenvalue weighted by molar-refractivity contribution is 6.30. The van der Waals surface area contributed by atoms with E-state index in [1.165, 1.54) is 0 Å². The van der Waals surface area contributed by atoms with E-state index < -0.39 is 0 Å². The molecule has 0 unspecified atom stereocenters. The van der Waals surface area contributed by atoms with Crippen LogP contribution in [0, 0.1) is 0 Å². The first-order valence-corrected chi connectivity index (χ1v) is 6.84. The third-order valence-electron chi connectivity index (χ3n) is 3.14. The minimum atomic E-state index is -0.287. The van der Waals surface area contributed by atoms with E-state index in [2.05, 4.69) is 10.1 Å². The van der Waals surface area contributed by atoms with Gasteiger partial charge in [0, 0.05) is 37.7 Å². The fraction of sp³-hybridized carbons (Fsp3) is 0.357. The molecular formula is C14H17ClN4O. The maximum atomic E-state index is 12.5. The second kappa shape index (κ2) is 6.52. The van der Waals surface area contributed by atoms with Crippen molar-refractivity contribution in [3.63, 3.8) is 0 Å². The fourth-order valence-electron chi connectivity index (χ4n) is 2.06. The largest absolute Gasteiger partial charge is 0.339 e. The first-order chi connectivity index (χ1) is 9.63. The molecule has 0 fully saturated rings. The number of pyridine rings is 1. The molecule has 5 nitrogen and oxygen atoms in total. The van der Waals surface area contributed by atoms with Crippen LogP contribution in [-0.2, 0) is 11.3 Å². The van der Waals surface area contributed by atoms with E-state index in [0.29, 0.717) is 18.1 Å². The number of amides is 1. The standard InChI is InChI=1S/C14H17ClN4O/c1-3-12(19-9-5-8-17-19)14(20)18(2)10-11-6-4-7-16-13(11)15/h4-9,12H,3,10H2,1-2H3/t12-/m1/s1. The van der Waals surface area contributed by atoms with Gasteiger partial charge in [-0.1, -0.05) is 24.6 Å². The molecule has 0 aliphatic rings. The van der Waals surface area contributed by atoms with E-state index in [4.69, 9.17) is 11.6 Å². The molecule has 0 aliphatic carbocycles. The van der Waals surface area contributed by atoms with Gasteiger partial charge in [0.15, 0.2) is 0 Å². The molecule has 0 spiro atoms. The van der Waals surface area contributed by atoms with E-state index in [1.54, 1.807) is 35.2 Å². The quantitative estimate of drug-likeness (QED) is 0.796. The molecule has 20 heavy (non-hydrogen) atoms. The van der Waals surface area contributed by atoms with Crippen LogP contribution in [0.3, 0.4) is 0 Å². The Hall–Kier alpha value is -1.88. The maximum Gasteiger partial charge on any atom is 0.247 e. The lowest BCUT2D eigenvalue weighted by Crippen LogP contribution is -2.34. The molecule has 0 aliphatic heterocycles. The lowest BCUT2D eigenvalue weighted by atomic mass is 10.2. The first-order valence-electron chi connectivity index (χ1n) is 6.47. The van der Waals surface area contributed by atoms with Crippen LogP contribution in [0.25, 0.3) is 0 Å². The van der Waals surface area contributed by atoms with Crippen LogP contribution in [0.1, 0.15) is 24.9 Å². The van der Waals surface area contributed by atoms with Crippen LogP contribution in [0.4, 0.5) is 0 Å². The molecule has 1 amide bonds. The number of carbonyl (C=O) groups excluding carboxylic acids is 1. The number of rotatable bonds is 5. The maximum absolute atomic E-state index is 12.5. The average Bonchev–Trinajstić information content (AvgIpc) is 2.96. The zero-order valence-electron chi connectivity index (χ0n) is 11.5. The Bertz CT molecular complexity index is 570. The highest BCUT2D eigenvalue weighted by Gasteiger charge is 2.22. The summed E-state index contributed by atoms with van der Waals surface area (Å²) in [6.45, 7) is 2.40. The Kier molecular flexibility index (Phi) is 4.74. The number of hydrogen-bond donors (Lipinski definition) is 0. The molecule has 0 saturated heterocycles. The van der Waals surface area contributed by atoms with Crippen LogP contribution >= 0.6 is 11.6 Å². The lowest BCUT2D eigenvalue weighted by Gasteiger charge is -2.23. The fourth-order valence-corrected chi connectivity index (χ4v) is 2.24. The second-order valence-corrected chi connectivity index (χ2v) is 4.92. The van der Waals surface area contributed by atoms with E-state index in [0.717, 1.165) is 5.56 Å². The molecule has 0 N–H and O–H groups in total. The number of halogens is 1. The van der Waals surface area contributed by atoms with Crippen molar-refractivity contribution in [1.29, 1.82) is 0 Å². The van der Waals surface area contributed by atoms with Gasteiger partial charge in [-0.15, -0.1) is 0 Å². The molecular weight excluding hydrogens is 276 g/mol. The zero-order chi connectivity index (χ0) is 14.5. The van der Waals surface area contributed by atoms with Gasteiger partial charge in [0.05, 0.1) is 0 Å². The topological polar surface area (TPSA) is 51.0 Å². The number of hydrogen-bond acceptors (Lipinski definition) is 3. The van der Waals surface area contributed by atoms with Gasteiger partial charge in [-0.3, -0.25) is 9.48 Å². The van der Waals surface area contributed by atoms with Crippen LogP contribution in [0.5, 0.6) is 0 Å². The lowest BCUT2D eigenvalue weighted by molar-refractivity contribution is -0.134. The third kappa shape index (κ3) is 3.17. The Morgan fingerprint density at radius 2 is 2.25 bits per heavy atom. The highest BCUT2D eigenvalue weighted by atomic mass is 35.5. The molecule has 6 heteroatoms. The van der Waals surface area contributed by atoms with Gasteiger partial charge in [0.1, 0.15) is 11.2 Å². The van der Waals surface area contributed by atoms with Crippen molar-refractivity contribution in [2.24, 2.45) is 0 Å². The van der Waals surface area contributed by atoms with Crippen molar-refractivity contribution >= 4 is 17.5 Å². The van der Waals surface area contributed by atoms with E-state index >= 15 is 0 Å². The summed E-state index contributed by atoms with van der Waals surface area (Å²) >= 11 is 6.02.